The van der Waals surface area contributed by atoms with Crippen molar-refractivity contribution in [1.29, 1.82) is 0 Å². The van der Waals surface area contributed by atoms with Gasteiger partial charge in [-0.3, -0.25) is 4.79 Å². The molecule has 0 saturated carbocycles. The molecular formula is C12H11ClO3. The minimum absolute atomic E-state index is 0.0919. The molecule has 3 rings (SSSR count). The maximum absolute atomic E-state index is 12.0. The van der Waals surface area contributed by atoms with Gasteiger partial charge < -0.3 is 9.47 Å². The Labute approximate surface area is 98.3 Å². The van der Waals surface area contributed by atoms with Gasteiger partial charge >= 0.3 is 0 Å². The second kappa shape index (κ2) is 3.47. The van der Waals surface area contributed by atoms with Gasteiger partial charge in [0.25, 0.3) is 0 Å². The number of halogens is 1. The van der Waals surface area contributed by atoms with Crippen molar-refractivity contribution < 1.29 is 14.3 Å². The molecule has 2 aliphatic rings. The molecule has 2 heterocycles. The molecule has 84 valence electrons. The first-order valence-corrected chi connectivity index (χ1v) is 5.66. The van der Waals surface area contributed by atoms with Gasteiger partial charge in [-0.25, -0.2) is 0 Å². The lowest BCUT2D eigenvalue weighted by atomic mass is 9.89. The minimum atomic E-state index is -0.433. The fraction of sp³-hybridized carbons (Fsp3) is 0.417. The van der Waals surface area contributed by atoms with Crippen molar-refractivity contribution in [1.82, 2.24) is 0 Å². The quantitative estimate of drug-likeness (QED) is 0.697. The highest BCUT2D eigenvalue weighted by Gasteiger charge is 2.43. The fourth-order valence-corrected chi connectivity index (χ4v) is 2.45. The Kier molecular flexibility index (Phi) is 2.19. The summed E-state index contributed by atoms with van der Waals surface area (Å²) in [4.78, 5) is 12.0. The summed E-state index contributed by atoms with van der Waals surface area (Å²) in [7, 11) is 0. The Morgan fingerprint density at radius 1 is 1.38 bits per heavy atom. The molecule has 1 aromatic rings. The molecule has 1 atom stereocenters. The van der Waals surface area contributed by atoms with Crippen molar-refractivity contribution >= 4 is 17.4 Å². The fourth-order valence-electron chi connectivity index (χ4n) is 2.27. The third-order valence-corrected chi connectivity index (χ3v) is 3.35. The highest BCUT2D eigenvalue weighted by Crippen LogP contribution is 2.38. The zero-order valence-corrected chi connectivity index (χ0v) is 9.42. The van der Waals surface area contributed by atoms with Gasteiger partial charge in [0.15, 0.2) is 5.78 Å². The van der Waals surface area contributed by atoms with Crippen molar-refractivity contribution in [3.63, 3.8) is 0 Å². The first-order valence-electron chi connectivity index (χ1n) is 5.28. The van der Waals surface area contributed by atoms with E-state index in [-0.39, 0.29) is 5.78 Å². The van der Waals surface area contributed by atoms with Gasteiger partial charge in [-0.2, -0.15) is 0 Å². The third kappa shape index (κ3) is 1.51. The van der Waals surface area contributed by atoms with Crippen molar-refractivity contribution in [2.24, 2.45) is 0 Å². The van der Waals surface area contributed by atoms with Crippen LogP contribution in [-0.2, 0) is 4.74 Å². The summed E-state index contributed by atoms with van der Waals surface area (Å²) >= 11 is 5.86. The van der Waals surface area contributed by atoms with Crippen LogP contribution in [0.5, 0.6) is 5.75 Å². The van der Waals surface area contributed by atoms with E-state index in [1.807, 2.05) is 0 Å². The molecule has 1 aromatic carbocycles. The van der Waals surface area contributed by atoms with Crippen LogP contribution in [-0.4, -0.2) is 24.6 Å². The van der Waals surface area contributed by atoms with Gasteiger partial charge in [0.1, 0.15) is 11.4 Å². The van der Waals surface area contributed by atoms with Crippen molar-refractivity contribution in [3.8, 4) is 5.75 Å². The molecule has 2 aliphatic heterocycles. The lowest BCUT2D eigenvalue weighted by molar-refractivity contribution is 0.0306. The van der Waals surface area contributed by atoms with Gasteiger partial charge in [0.2, 0.25) is 0 Å². The molecule has 1 unspecified atom stereocenters. The van der Waals surface area contributed by atoms with Crippen LogP contribution in [0, 0.1) is 0 Å². The SMILES string of the molecule is O=C1CC2(CCOC2)Oc2ccc(Cl)cc21. The minimum Gasteiger partial charge on any atom is -0.484 e. The Hall–Kier alpha value is -1.06. The number of ether oxygens (including phenoxy) is 2. The van der Waals surface area contributed by atoms with Crippen LogP contribution in [0.4, 0.5) is 0 Å². The molecule has 1 fully saturated rings. The first kappa shape index (κ1) is 10.1. The average Bonchev–Trinajstić information content (AvgIpc) is 2.68. The number of fused-ring (bicyclic) bond motifs is 1. The van der Waals surface area contributed by atoms with Crippen LogP contribution in [0.3, 0.4) is 0 Å². The Morgan fingerprint density at radius 2 is 2.25 bits per heavy atom. The summed E-state index contributed by atoms with van der Waals surface area (Å²) in [5.74, 6) is 0.723. The summed E-state index contributed by atoms with van der Waals surface area (Å²) in [5.41, 5.74) is 0.155. The number of hydrogen-bond acceptors (Lipinski definition) is 3. The second-order valence-corrected chi connectivity index (χ2v) is 4.76. The summed E-state index contributed by atoms with van der Waals surface area (Å²) in [6, 6.07) is 5.17. The summed E-state index contributed by atoms with van der Waals surface area (Å²) in [6.45, 7) is 1.16. The Morgan fingerprint density at radius 3 is 3.00 bits per heavy atom. The number of hydrogen-bond donors (Lipinski definition) is 0. The van der Waals surface area contributed by atoms with Gasteiger partial charge in [-0.1, -0.05) is 11.6 Å². The molecule has 1 saturated heterocycles. The Bertz CT molecular complexity index is 450. The maximum atomic E-state index is 12.0. The van der Waals surface area contributed by atoms with E-state index in [1.54, 1.807) is 18.2 Å². The molecule has 0 aromatic heterocycles. The normalized spacial score (nSPS) is 27.9. The number of rotatable bonds is 0. The monoisotopic (exact) mass is 238 g/mol. The van der Waals surface area contributed by atoms with E-state index in [1.165, 1.54) is 0 Å². The highest BCUT2D eigenvalue weighted by atomic mass is 35.5. The predicted octanol–water partition coefficient (Wildman–Crippen LogP) is 2.46. The standard InChI is InChI=1S/C12H11ClO3/c13-8-1-2-11-9(5-8)10(14)6-12(16-11)3-4-15-7-12/h1-2,5H,3-4,6-7H2. The second-order valence-electron chi connectivity index (χ2n) is 4.33. The number of ketones is 1. The van der Waals surface area contributed by atoms with E-state index >= 15 is 0 Å². The van der Waals surface area contributed by atoms with Crippen LogP contribution in [0.15, 0.2) is 18.2 Å². The number of Topliss-reactive ketones (excluding diaryl/α,β-unsaturated/α-hetero) is 1. The van der Waals surface area contributed by atoms with E-state index in [4.69, 9.17) is 21.1 Å². The highest BCUT2D eigenvalue weighted by molar-refractivity contribution is 6.31. The van der Waals surface area contributed by atoms with Crippen LogP contribution >= 0.6 is 11.6 Å². The predicted molar refractivity (Wildman–Crippen MR) is 59.2 cm³/mol. The lowest BCUT2D eigenvalue weighted by Crippen LogP contribution is -2.42. The van der Waals surface area contributed by atoms with Gasteiger partial charge in [-0.15, -0.1) is 0 Å². The largest absolute Gasteiger partial charge is 0.484 e. The summed E-state index contributed by atoms with van der Waals surface area (Å²) in [5, 5.41) is 0.564. The van der Waals surface area contributed by atoms with Crippen LogP contribution in [0.2, 0.25) is 5.02 Å². The number of carbonyl (C=O) groups excluding carboxylic acids is 1. The van der Waals surface area contributed by atoms with Gasteiger partial charge in [-0.05, 0) is 18.2 Å². The van der Waals surface area contributed by atoms with Crippen LogP contribution in [0.1, 0.15) is 23.2 Å². The zero-order chi connectivity index (χ0) is 11.2. The molecule has 16 heavy (non-hydrogen) atoms. The van der Waals surface area contributed by atoms with Crippen LogP contribution < -0.4 is 4.74 Å². The van der Waals surface area contributed by atoms with E-state index in [0.29, 0.717) is 36.0 Å². The van der Waals surface area contributed by atoms with Crippen molar-refractivity contribution in [2.45, 2.75) is 18.4 Å². The van der Waals surface area contributed by atoms with E-state index < -0.39 is 5.60 Å². The molecule has 4 heteroatoms. The molecule has 0 bridgehead atoms. The lowest BCUT2D eigenvalue weighted by Gasteiger charge is -2.33. The first-order chi connectivity index (χ1) is 7.69. The molecule has 0 aliphatic carbocycles. The van der Waals surface area contributed by atoms with E-state index in [2.05, 4.69) is 0 Å². The zero-order valence-electron chi connectivity index (χ0n) is 8.66. The Balaban J connectivity index is 2.02. The summed E-state index contributed by atoms with van der Waals surface area (Å²) in [6.07, 6.45) is 1.17. The van der Waals surface area contributed by atoms with Crippen molar-refractivity contribution in [2.75, 3.05) is 13.2 Å². The number of carbonyl (C=O) groups is 1. The van der Waals surface area contributed by atoms with E-state index in [9.17, 15) is 4.79 Å². The van der Waals surface area contributed by atoms with Gasteiger partial charge in [0, 0.05) is 11.4 Å². The average molecular weight is 239 g/mol. The van der Waals surface area contributed by atoms with Crippen LogP contribution in [0.25, 0.3) is 0 Å². The van der Waals surface area contributed by atoms with E-state index in [0.717, 1.165) is 6.42 Å². The molecule has 1 spiro atoms. The maximum Gasteiger partial charge on any atom is 0.170 e. The topological polar surface area (TPSA) is 35.5 Å². The molecule has 3 nitrogen and oxygen atoms in total. The molecule has 0 N–H and O–H groups in total. The molecular weight excluding hydrogens is 228 g/mol. The number of benzene rings is 1. The molecule has 0 radical (unpaired) electrons. The smallest absolute Gasteiger partial charge is 0.170 e. The van der Waals surface area contributed by atoms with Gasteiger partial charge in [0.05, 0.1) is 25.2 Å². The molecule has 0 amide bonds. The summed E-state index contributed by atoms with van der Waals surface area (Å²) < 4.78 is 11.2. The van der Waals surface area contributed by atoms with Crippen molar-refractivity contribution in [3.05, 3.63) is 28.8 Å². The third-order valence-electron chi connectivity index (χ3n) is 3.12.